The first kappa shape index (κ1) is 7.81. The molecule has 0 amide bonds. The monoisotopic (exact) mass is 145 g/mol. The van der Waals surface area contributed by atoms with Crippen molar-refractivity contribution in [3.63, 3.8) is 0 Å². The first-order chi connectivity index (χ1) is 5.16. The normalized spacial score (nSPS) is 29.0. The van der Waals surface area contributed by atoms with Gasteiger partial charge in [-0.15, -0.1) is 0 Å². The van der Waals surface area contributed by atoms with Crippen LogP contribution in [0.25, 0.3) is 0 Å². The lowest BCUT2D eigenvalue weighted by molar-refractivity contribution is 0.736. The van der Waals surface area contributed by atoms with E-state index in [2.05, 4.69) is 6.07 Å². The summed E-state index contributed by atoms with van der Waals surface area (Å²) in [5, 5.41) is 8.79. The Labute approximate surface area is 67.3 Å². The average Bonchev–Trinajstić information content (AvgIpc) is 2.15. The van der Waals surface area contributed by atoms with Gasteiger partial charge in [-0.05, 0) is 13.8 Å². The van der Waals surface area contributed by atoms with Gasteiger partial charge in [-0.3, -0.25) is 0 Å². The lowest BCUT2D eigenvalue weighted by atomic mass is 9.92. The van der Waals surface area contributed by atoms with Crippen molar-refractivity contribution >= 4 is 0 Å². The maximum Gasteiger partial charge on any atom is 0.0911 e. The Morgan fingerprint density at radius 3 is 2.82 bits per heavy atom. The standard InChI is InChI=1S/C10H11N/c1-9-4-3-6-10(2,8-11)7-5-9/h3-7H,1-2H3. The number of nitrogens with zero attached hydrogens (tertiary/aromatic N) is 1. The summed E-state index contributed by atoms with van der Waals surface area (Å²) < 4.78 is 0. The number of allylic oxidation sites excluding steroid dienone is 6. The summed E-state index contributed by atoms with van der Waals surface area (Å²) in [6, 6.07) is 2.23. The summed E-state index contributed by atoms with van der Waals surface area (Å²) in [6.45, 7) is 3.91. The van der Waals surface area contributed by atoms with E-state index in [4.69, 9.17) is 5.26 Å². The molecule has 1 nitrogen and oxygen atoms in total. The molecule has 0 aromatic heterocycles. The van der Waals surface area contributed by atoms with Gasteiger partial charge in [0.2, 0.25) is 0 Å². The second-order valence-corrected chi connectivity index (χ2v) is 3.00. The van der Waals surface area contributed by atoms with E-state index in [0.29, 0.717) is 0 Å². The molecule has 11 heavy (non-hydrogen) atoms. The van der Waals surface area contributed by atoms with Crippen LogP contribution in [0.2, 0.25) is 0 Å². The van der Waals surface area contributed by atoms with Gasteiger partial charge in [0.05, 0.1) is 11.5 Å². The van der Waals surface area contributed by atoms with Gasteiger partial charge in [0.15, 0.2) is 0 Å². The average molecular weight is 145 g/mol. The number of rotatable bonds is 0. The maximum absolute atomic E-state index is 8.79. The van der Waals surface area contributed by atoms with Gasteiger partial charge in [-0.2, -0.15) is 5.26 Å². The lowest BCUT2D eigenvalue weighted by Gasteiger charge is -2.08. The Bertz CT molecular complexity index is 276. The smallest absolute Gasteiger partial charge is 0.0911 e. The van der Waals surface area contributed by atoms with E-state index < -0.39 is 5.41 Å². The van der Waals surface area contributed by atoms with Gasteiger partial charge >= 0.3 is 0 Å². The van der Waals surface area contributed by atoms with Crippen LogP contribution in [0, 0.1) is 16.7 Å². The van der Waals surface area contributed by atoms with Crippen LogP contribution < -0.4 is 0 Å². The molecular formula is C10H11N. The summed E-state index contributed by atoms with van der Waals surface area (Å²) in [4.78, 5) is 0. The van der Waals surface area contributed by atoms with Gasteiger partial charge in [-0.25, -0.2) is 0 Å². The fourth-order valence-corrected chi connectivity index (χ4v) is 0.890. The van der Waals surface area contributed by atoms with Crippen molar-refractivity contribution in [3.8, 4) is 6.07 Å². The van der Waals surface area contributed by atoms with Crippen LogP contribution in [-0.2, 0) is 0 Å². The summed E-state index contributed by atoms with van der Waals surface area (Å²) in [5.41, 5.74) is 0.758. The zero-order valence-corrected chi connectivity index (χ0v) is 6.83. The summed E-state index contributed by atoms with van der Waals surface area (Å²) >= 11 is 0. The largest absolute Gasteiger partial charge is 0.197 e. The van der Waals surface area contributed by atoms with E-state index in [9.17, 15) is 0 Å². The Hall–Kier alpha value is -1.29. The van der Waals surface area contributed by atoms with E-state index in [0.717, 1.165) is 0 Å². The quantitative estimate of drug-likeness (QED) is 0.514. The Morgan fingerprint density at radius 1 is 1.45 bits per heavy atom. The summed E-state index contributed by atoms with van der Waals surface area (Å²) in [6.07, 6.45) is 9.73. The maximum atomic E-state index is 8.79. The van der Waals surface area contributed by atoms with Crippen LogP contribution in [0.4, 0.5) is 0 Å². The van der Waals surface area contributed by atoms with Crippen molar-refractivity contribution in [1.29, 1.82) is 5.26 Å². The molecule has 0 spiro atoms. The fraction of sp³-hybridized carbons (Fsp3) is 0.300. The molecule has 0 N–H and O–H groups in total. The molecule has 1 atom stereocenters. The Morgan fingerprint density at radius 2 is 2.18 bits per heavy atom. The Kier molecular flexibility index (Phi) is 1.96. The molecule has 0 saturated carbocycles. The minimum Gasteiger partial charge on any atom is -0.197 e. The number of nitriles is 1. The minimum atomic E-state index is -0.422. The van der Waals surface area contributed by atoms with E-state index in [1.165, 1.54) is 5.57 Å². The number of hydrogen-bond acceptors (Lipinski definition) is 1. The van der Waals surface area contributed by atoms with Gasteiger partial charge in [0.25, 0.3) is 0 Å². The van der Waals surface area contributed by atoms with E-state index in [-0.39, 0.29) is 0 Å². The van der Waals surface area contributed by atoms with Crippen LogP contribution in [0.15, 0.2) is 36.0 Å². The van der Waals surface area contributed by atoms with Crippen LogP contribution in [0.5, 0.6) is 0 Å². The zero-order valence-electron chi connectivity index (χ0n) is 6.83. The SMILES string of the molecule is CC1=CC=CC(C)(C#N)C=C1. The first-order valence-electron chi connectivity index (χ1n) is 3.63. The molecular weight excluding hydrogens is 134 g/mol. The predicted molar refractivity (Wildman–Crippen MR) is 45.8 cm³/mol. The van der Waals surface area contributed by atoms with Crippen LogP contribution in [-0.4, -0.2) is 0 Å². The summed E-state index contributed by atoms with van der Waals surface area (Å²) in [5.74, 6) is 0. The van der Waals surface area contributed by atoms with Crippen LogP contribution >= 0.6 is 0 Å². The van der Waals surface area contributed by atoms with Crippen LogP contribution in [0.3, 0.4) is 0 Å². The van der Waals surface area contributed by atoms with Crippen molar-refractivity contribution in [3.05, 3.63) is 36.0 Å². The molecule has 0 aromatic carbocycles. The molecule has 0 heterocycles. The molecule has 56 valence electrons. The van der Waals surface area contributed by atoms with Gasteiger partial charge in [0, 0.05) is 0 Å². The minimum absolute atomic E-state index is 0.422. The van der Waals surface area contributed by atoms with Gasteiger partial charge in [0.1, 0.15) is 0 Å². The summed E-state index contributed by atoms with van der Waals surface area (Å²) in [7, 11) is 0. The molecule has 0 aromatic rings. The topological polar surface area (TPSA) is 23.8 Å². The highest BCUT2D eigenvalue weighted by Crippen LogP contribution is 2.22. The zero-order chi connectivity index (χ0) is 8.32. The fourth-order valence-electron chi connectivity index (χ4n) is 0.890. The highest BCUT2D eigenvalue weighted by Gasteiger charge is 2.15. The molecule has 0 saturated heterocycles. The van der Waals surface area contributed by atoms with Gasteiger partial charge in [-0.1, -0.05) is 36.0 Å². The third kappa shape index (κ3) is 1.81. The van der Waals surface area contributed by atoms with E-state index in [1.54, 1.807) is 0 Å². The highest BCUT2D eigenvalue weighted by molar-refractivity contribution is 5.33. The van der Waals surface area contributed by atoms with E-state index >= 15 is 0 Å². The van der Waals surface area contributed by atoms with Crippen molar-refractivity contribution in [1.82, 2.24) is 0 Å². The molecule has 0 bridgehead atoms. The first-order valence-corrected chi connectivity index (χ1v) is 3.63. The molecule has 1 rings (SSSR count). The second kappa shape index (κ2) is 2.75. The third-order valence-electron chi connectivity index (χ3n) is 1.73. The molecule has 1 aliphatic rings. The van der Waals surface area contributed by atoms with Crippen molar-refractivity contribution in [2.24, 2.45) is 5.41 Å². The van der Waals surface area contributed by atoms with Gasteiger partial charge < -0.3 is 0 Å². The Balaban J connectivity index is 2.98. The molecule has 1 heteroatoms. The van der Waals surface area contributed by atoms with Crippen molar-refractivity contribution in [2.45, 2.75) is 13.8 Å². The van der Waals surface area contributed by atoms with Crippen molar-refractivity contribution in [2.75, 3.05) is 0 Å². The van der Waals surface area contributed by atoms with E-state index in [1.807, 2.05) is 44.2 Å². The van der Waals surface area contributed by atoms with Crippen LogP contribution in [0.1, 0.15) is 13.8 Å². The number of hydrogen-bond donors (Lipinski definition) is 0. The lowest BCUT2D eigenvalue weighted by Crippen LogP contribution is -2.04. The molecule has 0 radical (unpaired) electrons. The third-order valence-corrected chi connectivity index (χ3v) is 1.73. The second-order valence-electron chi connectivity index (χ2n) is 3.00. The molecule has 0 aliphatic heterocycles. The molecule has 1 aliphatic carbocycles. The van der Waals surface area contributed by atoms with Crippen molar-refractivity contribution < 1.29 is 0 Å². The predicted octanol–water partition coefficient (Wildman–Crippen LogP) is 2.59. The molecule has 0 fully saturated rings. The highest BCUT2D eigenvalue weighted by atomic mass is 14.3. The molecule has 1 unspecified atom stereocenters.